The van der Waals surface area contributed by atoms with Gasteiger partial charge in [0.15, 0.2) is 0 Å². The molecule has 0 saturated carbocycles. The van der Waals surface area contributed by atoms with Crippen LogP contribution >= 0.6 is 11.6 Å². The van der Waals surface area contributed by atoms with Crippen molar-refractivity contribution in [2.75, 3.05) is 33.4 Å². The van der Waals surface area contributed by atoms with Crippen molar-refractivity contribution in [3.8, 4) is 0 Å². The third-order valence-electron chi connectivity index (χ3n) is 4.11. The molecule has 1 heterocycles. The number of halogens is 1. The van der Waals surface area contributed by atoms with Crippen LogP contribution in [0.1, 0.15) is 30.9 Å². The van der Waals surface area contributed by atoms with Gasteiger partial charge in [0.05, 0.1) is 5.60 Å². The molecule has 118 valence electrons. The first-order valence-corrected chi connectivity index (χ1v) is 7.86. The Balaban J connectivity index is 1.77. The Morgan fingerprint density at radius 2 is 1.95 bits per heavy atom. The summed E-state index contributed by atoms with van der Waals surface area (Å²) in [5.74, 6) is 0. The van der Waals surface area contributed by atoms with Gasteiger partial charge in [-0.15, -0.1) is 0 Å². The van der Waals surface area contributed by atoms with Gasteiger partial charge in [-0.25, -0.2) is 0 Å². The summed E-state index contributed by atoms with van der Waals surface area (Å²) in [6.45, 7) is 2.82. The summed E-state index contributed by atoms with van der Waals surface area (Å²) in [5.41, 5.74) is 6.69. The van der Waals surface area contributed by atoms with Gasteiger partial charge in [-0.05, 0) is 37.7 Å². The maximum absolute atomic E-state index is 10.5. The largest absolute Gasteiger partial charge is 0.388 e. The fourth-order valence-electron chi connectivity index (χ4n) is 2.73. The predicted molar refractivity (Wildman–Crippen MR) is 85.5 cm³/mol. The highest BCUT2D eigenvalue weighted by Crippen LogP contribution is 2.22. The van der Waals surface area contributed by atoms with Crippen molar-refractivity contribution in [1.82, 2.24) is 4.90 Å². The number of hydrogen-bond acceptors (Lipinski definition) is 4. The van der Waals surface area contributed by atoms with Crippen LogP contribution in [-0.4, -0.2) is 49.0 Å². The van der Waals surface area contributed by atoms with E-state index in [9.17, 15) is 5.11 Å². The van der Waals surface area contributed by atoms with Crippen molar-refractivity contribution in [3.63, 3.8) is 0 Å². The number of nitrogens with two attached hydrogens (primary N) is 1. The molecule has 1 fully saturated rings. The van der Waals surface area contributed by atoms with Gasteiger partial charge in [-0.3, -0.25) is 0 Å². The molecule has 1 aliphatic rings. The fourth-order valence-corrected chi connectivity index (χ4v) is 2.85. The molecule has 0 aromatic heterocycles. The molecule has 0 spiro atoms. The molecule has 0 bridgehead atoms. The summed E-state index contributed by atoms with van der Waals surface area (Å²) in [4.78, 5) is 2.15. The lowest BCUT2D eigenvalue weighted by molar-refractivity contribution is -0.0770. The van der Waals surface area contributed by atoms with Crippen molar-refractivity contribution in [3.05, 3.63) is 34.9 Å². The molecule has 1 aliphatic heterocycles. The number of likely N-dealkylation sites (N-methyl/N-ethyl adjacent to an activating group) is 1. The highest BCUT2D eigenvalue weighted by molar-refractivity contribution is 6.30. The van der Waals surface area contributed by atoms with Crippen molar-refractivity contribution < 1.29 is 9.84 Å². The van der Waals surface area contributed by atoms with Crippen LogP contribution in [0.25, 0.3) is 0 Å². The van der Waals surface area contributed by atoms with E-state index in [1.807, 2.05) is 31.3 Å². The van der Waals surface area contributed by atoms with Crippen LogP contribution < -0.4 is 5.73 Å². The van der Waals surface area contributed by atoms with Crippen LogP contribution in [0.15, 0.2) is 24.3 Å². The van der Waals surface area contributed by atoms with E-state index in [0.717, 1.165) is 23.6 Å². The smallest absolute Gasteiger partial charge is 0.0817 e. The van der Waals surface area contributed by atoms with Crippen LogP contribution in [-0.2, 0) is 4.74 Å². The SMILES string of the molecule is CN(CCC(N)c1ccc(Cl)cc1)CC1(O)CCOCC1. The van der Waals surface area contributed by atoms with Gasteiger partial charge < -0.3 is 20.5 Å². The molecule has 1 atom stereocenters. The minimum Gasteiger partial charge on any atom is -0.388 e. The topological polar surface area (TPSA) is 58.7 Å². The molecule has 1 saturated heterocycles. The second-order valence-corrected chi connectivity index (χ2v) is 6.46. The minimum atomic E-state index is -0.614. The maximum atomic E-state index is 10.5. The van der Waals surface area contributed by atoms with Crippen LogP contribution in [0.2, 0.25) is 5.02 Å². The molecule has 3 N–H and O–H groups in total. The zero-order valence-corrected chi connectivity index (χ0v) is 13.4. The monoisotopic (exact) mass is 312 g/mol. The second kappa shape index (κ2) is 7.56. The Hall–Kier alpha value is -0.650. The number of benzene rings is 1. The van der Waals surface area contributed by atoms with Crippen molar-refractivity contribution >= 4 is 11.6 Å². The molecular formula is C16H25ClN2O2. The molecule has 2 rings (SSSR count). The molecule has 0 radical (unpaired) electrons. The first-order valence-electron chi connectivity index (χ1n) is 7.48. The maximum Gasteiger partial charge on any atom is 0.0817 e. The number of rotatable bonds is 6. The van der Waals surface area contributed by atoms with Gasteiger partial charge in [0.1, 0.15) is 0 Å². The zero-order valence-electron chi connectivity index (χ0n) is 12.6. The van der Waals surface area contributed by atoms with Gasteiger partial charge in [0.25, 0.3) is 0 Å². The summed E-state index contributed by atoms with van der Waals surface area (Å²) in [7, 11) is 2.03. The van der Waals surface area contributed by atoms with Crippen LogP contribution in [0, 0.1) is 0 Å². The first-order chi connectivity index (χ1) is 9.98. The van der Waals surface area contributed by atoms with Crippen molar-refractivity contribution in [2.45, 2.75) is 30.9 Å². The first kappa shape index (κ1) is 16.7. The Morgan fingerprint density at radius 3 is 2.57 bits per heavy atom. The zero-order chi connectivity index (χ0) is 15.3. The van der Waals surface area contributed by atoms with Gasteiger partial charge in [-0.1, -0.05) is 23.7 Å². The van der Waals surface area contributed by atoms with E-state index in [1.54, 1.807) is 0 Å². The van der Waals surface area contributed by atoms with E-state index in [1.165, 1.54) is 0 Å². The summed E-state index contributed by atoms with van der Waals surface area (Å²) >= 11 is 5.88. The molecular weight excluding hydrogens is 288 g/mol. The lowest BCUT2D eigenvalue weighted by Gasteiger charge is -2.35. The van der Waals surface area contributed by atoms with Crippen LogP contribution in [0.5, 0.6) is 0 Å². The Labute approximate surface area is 131 Å². The average molecular weight is 313 g/mol. The van der Waals surface area contributed by atoms with E-state index < -0.39 is 5.60 Å². The molecule has 0 aliphatic carbocycles. The highest BCUT2D eigenvalue weighted by atomic mass is 35.5. The third-order valence-corrected chi connectivity index (χ3v) is 4.36. The molecule has 0 amide bonds. The van der Waals surface area contributed by atoms with E-state index in [2.05, 4.69) is 4.90 Å². The predicted octanol–water partition coefficient (Wildman–Crippen LogP) is 2.20. The summed E-state index contributed by atoms with van der Waals surface area (Å²) in [6.07, 6.45) is 2.27. The summed E-state index contributed by atoms with van der Waals surface area (Å²) < 4.78 is 5.30. The highest BCUT2D eigenvalue weighted by Gasteiger charge is 2.30. The average Bonchev–Trinajstić information content (AvgIpc) is 2.46. The Bertz CT molecular complexity index is 432. The van der Waals surface area contributed by atoms with E-state index in [0.29, 0.717) is 32.6 Å². The Morgan fingerprint density at radius 1 is 1.33 bits per heavy atom. The molecule has 1 aromatic rings. The lowest BCUT2D eigenvalue weighted by atomic mass is 9.93. The third kappa shape index (κ3) is 5.24. The standard InChI is InChI=1S/C16H25ClN2O2/c1-19(12-16(20)7-10-21-11-8-16)9-6-15(18)13-2-4-14(17)5-3-13/h2-5,15,20H,6-12,18H2,1H3. The molecule has 1 unspecified atom stereocenters. The van der Waals surface area contributed by atoms with Gasteiger partial charge in [-0.2, -0.15) is 0 Å². The number of ether oxygens (including phenoxy) is 1. The molecule has 5 heteroatoms. The molecule has 21 heavy (non-hydrogen) atoms. The minimum absolute atomic E-state index is 0.00551. The quantitative estimate of drug-likeness (QED) is 0.845. The van der Waals surface area contributed by atoms with Crippen molar-refractivity contribution in [2.24, 2.45) is 5.73 Å². The van der Waals surface area contributed by atoms with Gasteiger partial charge >= 0.3 is 0 Å². The van der Waals surface area contributed by atoms with Crippen molar-refractivity contribution in [1.29, 1.82) is 0 Å². The number of aliphatic hydroxyl groups is 1. The lowest BCUT2D eigenvalue weighted by Crippen LogP contribution is -2.46. The second-order valence-electron chi connectivity index (χ2n) is 6.02. The summed E-state index contributed by atoms with van der Waals surface area (Å²) in [5, 5.41) is 11.2. The van der Waals surface area contributed by atoms with Crippen LogP contribution in [0.3, 0.4) is 0 Å². The van der Waals surface area contributed by atoms with E-state index in [4.69, 9.17) is 22.1 Å². The normalized spacial score (nSPS) is 19.7. The molecule has 4 nitrogen and oxygen atoms in total. The number of nitrogens with zero attached hydrogens (tertiary/aromatic N) is 1. The van der Waals surface area contributed by atoms with E-state index in [-0.39, 0.29) is 6.04 Å². The Kier molecular flexibility index (Phi) is 6.02. The summed E-state index contributed by atoms with van der Waals surface area (Å²) in [6, 6.07) is 7.67. The number of hydrogen-bond donors (Lipinski definition) is 2. The molecule has 1 aromatic carbocycles. The van der Waals surface area contributed by atoms with Gasteiger partial charge in [0, 0.05) is 43.7 Å². The van der Waals surface area contributed by atoms with Gasteiger partial charge in [0.2, 0.25) is 0 Å². The van der Waals surface area contributed by atoms with E-state index >= 15 is 0 Å². The fraction of sp³-hybridized carbons (Fsp3) is 0.625. The van der Waals surface area contributed by atoms with Crippen LogP contribution in [0.4, 0.5) is 0 Å².